The van der Waals surface area contributed by atoms with Gasteiger partial charge in [0, 0.05) is 6.04 Å². The molecule has 32 heavy (non-hydrogen) atoms. The third kappa shape index (κ3) is 4.13. The molecule has 2 aliphatic rings. The van der Waals surface area contributed by atoms with Crippen molar-refractivity contribution in [2.75, 3.05) is 11.9 Å². The lowest BCUT2D eigenvalue weighted by molar-refractivity contribution is -0.119. The van der Waals surface area contributed by atoms with Gasteiger partial charge in [0.15, 0.2) is 6.61 Å². The Morgan fingerprint density at radius 1 is 1.06 bits per heavy atom. The molecular weight excluding hydrogens is 434 g/mol. The van der Waals surface area contributed by atoms with Gasteiger partial charge < -0.3 is 15.8 Å². The van der Waals surface area contributed by atoms with Crippen molar-refractivity contribution in [3.63, 3.8) is 0 Å². The van der Waals surface area contributed by atoms with E-state index in [0.29, 0.717) is 0 Å². The number of esters is 1. The molecule has 9 nitrogen and oxygen atoms in total. The summed E-state index contributed by atoms with van der Waals surface area (Å²) in [6.45, 7) is -0.590. The van der Waals surface area contributed by atoms with Crippen molar-refractivity contribution in [3.05, 3.63) is 51.9 Å². The van der Waals surface area contributed by atoms with Crippen molar-refractivity contribution in [3.8, 4) is 0 Å². The number of anilines is 1. The zero-order valence-electron chi connectivity index (χ0n) is 17.1. The predicted molar refractivity (Wildman–Crippen MR) is 116 cm³/mol. The van der Waals surface area contributed by atoms with Gasteiger partial charge in [0.2, 0.25) is 0 Å². The van der Waals surface area contributed by atoms with Crippen LogP contribution in [0.25, 0.3) is 0 Å². The topological polar surface area (TPSA) is 136 Å². The van der Waals surface area contributed by atoms with Crippen LogP contribution in [0.2, 0.25) is 0 Å². The number of primary amides is 1. The van der Waals surface area contributed by atoms with Crippen LogP contribution in [0.4, 0.5) is 5.00 Å². The van der Waals surface area contributed by atoms with Crippen LogP contribution in [0.1, 0.15) is 73.5 Å². The van der Waals surface area contributed by atoms with Crippen molar-refractivity contribution >= 4 is 45.9 Å². The molecule has 0 spiro atoms. The molecule has 10 heteroatoms. The van der Waals surface area contributed by atoms with Gasteiger partial charge in [0.1, 0.15) is 5.00 Å². The molecule has 1 saturated carbocycles. The smallest absolute Gasteiger partial charge is 0.338 e. The fraction of sp³-hybridized carbons (Fsp3) is 0.318. The molecule has 4 rings (SSSR count). The van der Waals surface area contributed by atoms with E-state index in [1.807, 2.05) is 0 Å². The molecule has 1 aromatic heterocycles. The minimum Gasteiger partial charge on any atom is -0.452 e. The van der Waals surface area contributed by atoms with E-state index < -0.39 is 30.3 Å². The van der Waals surface area contributed by atoms with E-state index in [9.17, 15) is 24.0 Å². The quantitative estimate of drug-likeness (QED) is 0.508. The summed E-state index contributed by atoms with van der Waals surface area (Å²) in [5, 5.41) is 4.34. The molecule has 0 atom stereocenters. The third-order valence-electron chi connectivity index (χ3n) is 5.61. The Kier molecular flexibility index (Phi) is 6.04. The van der Waals surface area contributed by atoms with E-state index in [4.69, 9.17) is 10.5 Å². The maximum atomic E-state index is 12.9. The first kappa shape index (κ1) is 21.7. The molecule has 1 aliphatic carbocycles. The number of carbonyl (C=O) groups is 5. The number of amides is 4. The molecule has 1 aliphatic heterocycles. The number of thiophene rings is 1. The van der Waals surface area contributed by atoms with Gasteiger partial charge in [0.25, 0.3) is 23.6 Å². The SMILES string of the molecule is NC(=O)c1ccsc1NC(=O)COC(=O)c1ccc2c(c1)C(=O)N(C1CCCCC1)C2=O. The van der Waals surface area contributed by atoms with Crippen LogP contribution in [0.15, 0.2) is 29.6 Å². The molecule has 4 amide bonds. The van der Waals surface area contributed by atoms with Crippen LogP contribution in [0.5, 0.6) is 0 Å². The van der Waals surface area contributed by atoms with E-state index in [1.54, 1.807) is 5.38 Å². The Balaban J connectivity index is 1.40. The van der Waals surface area contributed by atoms with Gasteiger partial charge in [-0.15, -0.1) is 11.3 Å². The van der Waals surface area contributed by atoms with Gasteiger partial charge in [-0.05, 0) is 42.5 Å². The van der Waals surface area contributed by atoms with Gasteiger partial charge in [0.05, 0.1) is 22.3 Å². The standard InChI is InChI=1S/C22H21N3O6S/c23-18(27)15-8-9-32-19(15)24-17(26)11-31-22(30)12-6-7-14-16(10-12)21(29)25(20(14)28)13-4-2-1-3-5-13/h6-10,13H,1-5,11H2,(H2,23,27)(H,24,26). The summed E-state index contributed by atoms with van der Waals surface area (Å²) in [7, 11) is 0. The first-order chi connectivity index (χ1) is 15.4. The number of rotatable bonds is 6. The average Bonchev–Trinajstić information content (AvgIpc) is 3.35. The summed E-state index contributed by atoms with van der Waals surface area (Å²) in [5.41, 5.74) is 5.90. The van der Waals surface area contributed by atoms with Gasteiger partial charge in [-0.25, -0.2) is 4.79 Å². The fourth-order valence-corrected chi connectivity index (χ4v) is 4.84. The second kappa shape index (κ2) is 8.91. The molecule has 1 aromatic carbocycles. The van der Waals surface area contributed by atoms with E-state index in [2.05, 4.69) is 5.32 Å². The number of carbonyl (C=O) groups excluding carboxylic acids is 5. The average molecular weight is 455 g/mol. The maximum Gasteiger partial charge on any atom is 0.338 e. The number of ether oxygens (including phenoxy) is 1. The summed E-state index contributed by atoms with van der Waals surface area (Å²) in [4.78, 5) is 62.7. The van der Waals surface area contributed by atoms with Crippen molar-refractivity contribution in [2.24, 2.45) is 5.73 Å². The molecule has 3 N–H and O–H groups in total. The molecule has 2 aromatic rings. The predicted octanol–water partition coefficient (Wildman–Crippen LogP) is 2.57. The molecule has 0 saturated heterocycles. The lowest BCUT2D eigenvalue weighted by Gasteiger charge is -2.29. The zero-order valence-corrected chi connectivity index (χ0v) is 17.9. The highest BCUT2D eigenvalue weighted by atomic mass is 32.1. The van der Waals surface area contributed by atoms with Crippen molar-refractivity contribution in [1.29, 1.82) is 0 Å². The number of nitrogens with two attached hydrogens (primary N) is 1. The number of imide groups is 1. The fourth-order valence-electron chi connectivity index (χ4n) is 4.03. The summed E-state index contributed by atoms with van der Waals surface area (Å²) < 4.78 is 5.03. The summed E-state index contributed by atoms with van der Waals surface area (Å²) >= 11 is 1.12. The number of nitrogens with one attached hydrogen (secondary N) is 1. The Bertz CT molecular complexity index is 1120. The minimum atomic E-state index is -0.805. The normalized spacial score (nSPS) is 16.1. The van der Waals surface area contributed by atoms with Crippen LogP contribution >= 0.6 is 11.3 Å². The van der Waals surface area contributed by atoms with E-state index in [1.165, 1.54) is 29.2 Å². The maximum absolute atomic E-state index is 12.9. The summed E-state index contributed by atoms with van der Waals surface area (Å²) in [6, 6.07) is 5.55. The van der Waals surface area contributed by atoms with Crippen LogP contribution in [-0.2, 0) is 9.53 Å². The Hall–Kier alpha value is -3.53. The molecule has 1 fully saturated rings. The second-order valence-corrected chi connectivity index (χ2v) is 8.60. The van der Waals surface area contributed by atoms with Gasteiger partial charge in [-0.1, -0.05) is 19.3 Å². The lowest BCUT2D eigenvalue weighted by atomic mass is 9.94. The van der Waals surface area contributed by atoms with Crippen LogP contribution in [0, 0.1) is 0 Å². The van der Waals surface area contributed by atoms with Gasteiger partial charge in [-0.2, -0.15) is 0 Å². The molecule has 0 unspecified atom stereocenters. The first-order valence-electron chi connectivity index (χ1n) is 10.2. The van der Waals surface area contributed by atoms with E-state index in [0.717, 1.165) is 43.4 Å². The van der Waals surface area contributed by atoms with Crippen LogP contribution in [-0.4, -0.2) is 47.1 Å². The Morgan fingerprint density at radius 3 is 2.50 bits per heavy atom. The van der Waals surface area contributed by atoms with Gasteiger partial charge >= 0.3 is 5.97 Å². The number of fused-ring (bicyclic) bond motifs is 1. The number of hydrogen-bond acceptors (Lipinski definition) is 7. The highest BCUT2D eigenvalue weighted by Crippen LogP contribution is 2.31. The first-order valence-corrected chi connectivity index (χ1v) is 11.1. The summed E-state index contributed by atoms with van der Waals surface area (Å²) in [5.74, 6) is -2.86. The molecule has 0 bridgehead atoms. The summed E-state index contributed by atoms with van der Waals surface area (Å²) in [6.07, 6.45) is 4.63. The second-order valence-electron chi connectivity index (χ2n) is 7.68. The van der Waals surface area contributed by atoms with Crippen LogP contribution in [0.3, 0.4) is 0 Å². The number of nitrogens with zero attached hydrogens (tertiary/aromatic N) is 1. The zero-order chi connectivity index (χ0) is 22.8. The molecule has 2 heterocycles. The van der Waals surface area contributed by atoms with Crippen molar-refractivity contribution < 1.29 is 28.7 Å². The molecular formula is C22H21N3O6S. The van der Waals surface area contributed by atoms with E-state index >= 15 is 0 Å². The number of hydrogen-bond donors (Lipinski definition) is 2. The largest absolute Gasteiger partial charge is 0.452 e. The van der Waals surface area contributed by atoms with E-state index in [-0.39, 0.29) is 39.2 Å². The lowest BCUT2D eigenvalue weighted by Crippen LogP contribution is -2.40. The highest BCUT2D eigenvalue weighted by molar-refractivity contribution is 7.14. The highest BCUT2D eigenvalue weighted by Gasteiger charge is 2.40. The van der Waals surface area contributed by atoms with Crippen molar-refractivity contribution in [1.82, 2.24) is 4.90 Å². The van der Waals surface area contributed by atoms with Gasteiger partial charge in [-0.3, -0.25) is 24.1 Å². The van der Waals surface area contributed by atoms with Crippen LogP contribution < -0.4 is 11.1 Å². The monoisotopic (exact) mass is 455 g/mol. The van der Waals surface area contributed by atoms with Crippen molar-refractivity contribution in [2.45, 2.75) is 38.1 Å². The Morgan fingerprint density at radius 2 is 1.78 bits per heavy atom. The molecule has 166 valence electrons. The molecule has 0 radical (unpaired) electrons. The minimum absolute atomic E-state index is 0.0668. The third-order valence-corrected chi connectivity index (χ3v) is 6.44. The number of benzene rings is 1. The Labute approximate surface area is 187 Å².